The van der Waals surface area contributed by atoms with Crippen molar-refractivity contribution in [1.82, 2.24) is 9.80 Å². The van der Waals surface area contributed by atoms with Crippen LogP contribution in [0.15, 0.2) is 16.7 Å². The van der Waals surface area contributed by atoms with E-state index >= 15 is 0 Å². The number of β-amino-alcohol motifs (C(OH)–C–C–N with tert-alkyl or cyclic N) is 1. The molecule has 22 heavy (non-hydrogen) atoms. The normalized spacial score (nSPS) is 23.0. The lowest BCUT2D eigenvalue weighted by Gasteiger charge is -2.16. The Kier molecular flexibility index (Phi) is 4.81. The maximum atomic E-state index is 12.5. The van der Waals surface area contributed by atoms with Crippen LogP contribution in [0.1, 0.15) is 17.7 Å². The standard InChI is InChI=1S/C14H19F3N2O3/c1-18(2)13(21)3-9-5-19(7-12(9)20)6-11-4-10(8-22-11)14(15,16)17/h4,8-9,12,20H,3,5-7H2,1-2H3/t9-,12-/m1/s1. The Morgan fingerprint density at radius 1 is 1.45 bits per heavy atom. The van der Waals surface area contributed by atoms with Gasteiger partial charge in [0.1, 0.15) is 12.0 Å². The van der Waals surface area contributed by atoms with Gasteiger partial charge in [0.2, 0.25) is 5.91 Å². The number of rotatable bonds is 4. The second-order valence-electron chi connectivity index (χ2n) is 5.81. The summed E-state index contributed by atoms with van der Waals surface area (Å²) in [6.07, 6.45) is -4.18. The highest BCUT2D eigenvalue weighted by molar-refractivity contribution is 5.75. The van der Waals surface area contributed by atoms with Crippen LogP contribution in [0.4, 0.5) is 13.2 Å². The minimum atomic E-state index is -4.42. The first kappa shape index (κ1) is 16.8. The summed E-state index contributed by atoms with van der Waals surface area (Å²) in [5, 5.41) is 9.98. The van der Waals surface area contributed by atoms with Crippen molar-refractivity contribution in [2.45, 2.75) is 25.2 Å². The second kappa shape index (κ2) is 6.29. The fourth-order valence-electron chi connectivity index (χ4n) is 2.51. The van der Waals surface area contributed by atoms with Gasteiger partial charge >= 0.3 is 6.18 Å². The summed E-state index contributed by atoms with van der Waals surface area (Å²) >= 11 is 0. The molecule has 1 aliphatic heterocycles. The monoisotopic (exact) mass is 320 g/mol. The van der Waals surface area contributed by atoms with E-state index in [1.807, 2.05) is 0 Å². The molecule has 5 nitrogen and oxygen atoms in total. The predicted octanol–water partition coefficient (Wildman–Crippen LogP) is 1.57. The smallest absolute Gasteiger partial charge is 0.419 e. The highest BCUT2D eigenvalue weighted by Gasteiger charge is 2.35. The van der Waals surface area contributed by atoms with Gasteiger partial charge in [-0.05, 0) is 6.07 Å². The zero-order chi connectivity index (χ0) is 16.5. The fraction of sp³-hybridized carbons (Fsp3) is 0.643. The van der Waals surface area contributed by atoms with Gasteiger partial charge in [0.05, 0.1) is 18.2 Å². The Labute approximate surface area is 126 Å². The fourth-order valence-corrected chi connectivity index (χ4v) is 2.51. The van der Waals surface area contributed by atoms with Crippen molar-refractivity contribution >= 4 is 5.91 Å². The number of hydrogen-bond acceptors (Lipinski definition) is 4. The third-order valence-electron chi connectivity index (χ3n) is 3.78. The minimum Gasteiger partial charge on any atom is -0.467 e. The highest BCUT2D eigenvalue weighted by atomic mass is 19.4. The summed E-state index contributed by atoms with van der Waals surface area (Å²) in [6.45, 7) is 0.940. The molecule has 0 saturated carbocycles. The quantitative estimate of drug-likeness (QED) is 0.915. The van der Waals surface area contributed by atoms with Gasteiger partial charge in [0.15, 0.2) is 0 Å². The Hall–Kier alpha value is -1.54. The van der Waals surface area contributed by atoms with E-state index in [-0.39, 0.29) is 30.6 Å². The van der Waals surface area contributed by atoms with Crippen molar-refractivity contribution < 1.29 is 27.5 Å². The molecule has 1 aliphatic rings. The van der Waals surface area contributed by atoms with Gasteiger partial charge < -0.3 is 14.4 Å². The number of aliphatic hydroxyl groups is 1. The molecule has 2 atom stereocenters. The molecule has 1 aromatic rings. The largest absolute Gasteiger partial charge is 0.467 e. The first-order chi connectivity index (χ1) is 10.2. The van der Waals surface area contributed by atoms with Crippen LogP contribution in [-0.2, 0) is 17.5 Å². The average Bonchev–Trinajstić information content (AvgIpc) is 2.97. The van der Waals surface area contributed by atoms with E-state index in [0.717, 1.165) is 6.07 Å². The van der Waals surface area contributed by atoms with Crippen LogP contribution in [-0.4, -0.2) is 54.1 Å². The number of carbonyl (C=O) groups excluding carboxylic acids is 1. The molecule has 0 spiro atoms. The topological polar surface area (TPSA) is 56.9 Å². The van der Waals surface area contributed by atoms with Crippen molar-refractivity contribution in [2.75, 3.05) is 27.2 Å². The average molecular weight is 320 g/mol. The summed E-state index contributed by atoms with van der Waals surface area (Å²) in [7, 11) is 3.28. The predicted molar refractivity (Wildman–Crippen MR) is 71.8 cm³/mol. The van der Waals surface area contributed by atoms with Crippen LogP contribution in [0.3, 0.4) is 0 Å². The van der Waals surface area contributed by atoms with E-state index in [9.17, 15) is 23.1 Å². The number of furan rings is 1. The van der Waals surface area contributed by atoms with Crippen molar-refractivity contribution in [3.8, 4) is 0 Å². The summed E-state index contributed by atoms with van der Waals surface area (Å²) in [4.78, 5) is 14.9. The van der Waals surface area contributed by atoms with Gasteiger partial charge in [-0.2, -0.15) is 13.2 Å². The lowest BCUT2D eigenvalue weighted by atomic mass is 10.0. The molecule has 0 aromatic carbocycles. The molecule has 1 aromatic heterocycles. The number of amides is 1. The Morgan fingerprint density at radius 2 is 2.14 bits per heavy atom. The maximum absolute atomic E-state index is 12.5. The molecule has 1 fully saturated rings. The highest BCUT2D eigenvalue weighted by Crippen LogP contribution is 2.31. The van der Waals surface area contributed by atoms with E-state index in [4.69, 9.17) is 4.42 Å². The number of hydrogen-bond donors (Lipinski definition) is 1. The first-order valence-electron chi connectivity index (χ1n) is 6.92. The molecule has 0 bridgehead atoms. The molecule has 0 aliphatic carbocycles. The van der Waals surface area contributed by atoms with Crippen LogP contribution in [0.25, 0.3) is 0 Å². The molecule has 124 valence electrons. The molecule has 1 N–H and O–H groups in total. The van der Waals surface area contributed by atoms with Crippen LogP contribution in [0.2, 0.25) is 0 Å². The molecular weight excluding hydrogens is 301 g/mol. The minimum absolute atomic E-state index is 0.0803. The molecule has 0 radical (unpaired) electrons. The Morgan fingerprint density at radius 3 is 2.68 bits per heavy atom. The SMILES string of the molecule is CN(C)C(=O)C[C@@H]1CN(Cc2cc(C(F)(F)F)co2)C[C@H]1O. The molecule has 8 heteroatoms. The molecular formula is C14H19F3N2O3. The maximum Gasteiger partial charge on any atom is 0.419 e. The number of aliphatic hydroxyl groups excluding tert-OH is 1. The third-order valence-corrected chi connectivity index (χ3v) is 3.78. The molecule has 2 rings (SSSR count). The number of nitrogens with zero attached hydrogens (tertiary/aromatic N) is 2. The van der Waals surface area contributed by atoms with Crippen LogP contribution in [0.5, 0.6) is 0 Å². The zero-order valence-corrected chi connectivity index (χ0v) is 12.4. The molecule has 1 amide bonds. The Bertz CT molecular complexity index is 528. The zero-order valence-electron chi connectivity index (χ0n) is 12.4. The third kappa shape index (κ3) is 4.01. The summed E-state index contributed by atoms with van der Waals surface area (Å²) in [5.41, 5.74) is -0.818. The van der Waals surface area contributed by atoms with Crippen molar-refractivity contribution in [2.24, 2.45) is 5.92 Å². The summed E-state index contributed by atoms with van der Waals surface area (Å²) in [6, 6.07) is 0.963. The number of likely N-dealkylation sites (tertiary alicyclic amines) is 1. The van der Waals surface area contributed by atoms with Gasteiger partial charge in [0, 0.05) is 39.5 Å². The first-order valence-corrected chi connectivity index (χ1v) is 6.92. The van der Waals surface area contributed by atoms with Gasteiger partial charge in [-0.1, -0.05) is 0 Å². The number of carbonyl (C=O) groups is 1. The molecule has 0 unspecified atom stereocenters. The van der Waals surface area contributed by atoms with Crippen LogP contribution in [0, 0.1) is 5.92 Å². The van der Waals surface area contributed by atoms with Gasteiger partial charge in [-0.15, -0.1) is 0 Å². The van der Waals surface area contributed by atoms with Crippen LogP contribution < -0.4 is 0 Å². The van der Waals surface area contributed by atoms with E-state index < -0.39 is 17.8 Å². The second-order valence-corrected chi connectivity index (χ2v) is 5.81. The lowest BCUT2D eigenvalue weighted by molar-refractivity contribution is -0.138. The van der Waals surface area contributed by atoms with E-state index in [1.54, 1.807) is 19.0 Å². The van der Waals surface area contributed by atoms with E-state index in [1.165, 1.54) is 4.90 Å². The molecule has 2 heterocycles. The summed E-state index contributed by atoms with van der Waals surface area (Å²) < 4.78 is 42.4. The van der Waals surface area contributed by atoms with E-state index in [0.29, 0.717) is 19.4 Å². The van der Waals surface area contributed by atoms with Gasteiger partial charge in [-0.3, -0.25) is 9.69 Å². The van der Waals surface area contributed by atoms with Gasteiger partial charge in [0.25, 0.3) is 0 Å². The molecule has 1 saturated heterocycles. The van der Waals surface area contributed by atoms with Crippen molar-refractivity contribution in [3.63, 3.8) is 0 Å². The van der Waals surface area contributed by atoms with Gasteiger partial charge in [-0.25, -0.2) is 0 Å². The van der Waals surface area contributed by atoms with Crippen molar-refractivity contribution in [1.29, 1.82) is 0 Å². The number of alkyl halides is 3. The Balaban J connectivity index is 1.92. The van der Waals surface area contributed by atoms with Crippen LogP contribution >= 0.6 is 0 Å². The number of halogens is 3. The van der Waals surface area contributed by atoms with E-state index in [2.05, 4.69) is 0 Å². The lowest BCUT2D eigenvalue weighted by Crippen LogP contribution is -2.28. The summed E-state index contributed by atoms with van der Waals surface area (Å²) in [5.74, 6) is -0.102. The van der Waals surface area contributed by atoms with Crippen molar-refractivity contribution in [3.05, 3.63) is 23.7 Å².